The molecule has 2 amide bonds. The van der Waals surface area contributed by atoms with E-state index in [1.165, 1.54) is 0 Å². The van der Waals surface area contributed by atoms with Crippen molar-refractivity contribution in [3.63, 3.8) is 0 Å². The van der Waals surface area contributed by atoms with Gasteiger partial charge in [-0.25, -0.2) is 0 Å². The highest BCUT2D eigenvalue weighted by atomic mass is 16.7. The molecule has 4 N–H and O–H groups in total. The van der Waals surface area contributed by atoms with Gasteiger partial charge in [-0.15, -0.1) is 0 Å². The third-order valence-electron chi connectivity index (χ3n) is 4.57. The lowest BCUT2D eigenvalue weighted by molar-refractivity contribution is -0.171. The largest absolute Gasteiger partial charge is 0.433 e. The van der Waals surface area contributed by atoms with E-state index in [9.17, 15) is 9.59 Å². The number of hydrogen-bond acceptors (Lipinski definition) is 5. The van der Waals surface area contributed by atoms with E-state index < -0.39 is 17.6 Å². The Morgan fingerprint density at radius 1 is 1.00 bits per heavy atom. The number of carbonyl (C=O) groups is 2. The summed E-state index contributed by atoms with van der Waals surface area (Å²) in [5.41, 5.74) is 6.95. The Kier molecular flexibility index (Phi) is 7.47. The average Bonchev–Trinajstić information content (AvgIpc) is 3.07. The number of rotatable bonds is 10. The molecule has 0 bridgehead atoms. The summed E-state index contributed by atoms with van der Waals surface area (Å²) >= 11 is 0. The monoisotopic (exact) mass is 377 g/mol. The third-order valence-corrected chi connectivity index (χ3v) is 4.57. The standard InChI is InChI=1S/C20H31N3O4/c1-4-7-11-22-18(24)20(19(25)23-12-8-5-2)26-16-10-9-14(15(21)6-3)13-17(16)27-20/h9-10,13,15H,4-8,11-12,21H2,1-3H3,(H,22,24)(H,23,25)/t15-/m1/s1. The summed E-state index contributed by atoms with van der Waals surface area (Å²) in [4.78, 5) is 25.6. The van der Waals surface area contributed by atoms with Crippen molar-refractivity contribution in [3.8, 4) is 11.5 Å². The average molecular weight is 377 g/mol. The topological polar surface area (TPSA) is 103 Å². The maximum atomic E-state index is 12.8. The lowest BCUT2D eigenvalue weighted by atomic mass is 10.1. The van der Waals surface area contributed by atoms with Crippen LogP contribution in [0.4, 0.5) is 0 Å². The van der Waals surface area contributed by atoms with Crippen LogP contribution in [0.5, 0.6) is 11.5 Å². The van der Waals surface area contributed by atoms with Crippen molar-refractivity contribution < 1.29 is 19.1 Å². The van der Waals surface area contributed by atoms with Gasteiger partial charge >= 0.3 is 17.6 Å². The van der Waals surface area contributed by atoms with Gasteiger partial charge in [0.15, 0.2) is 11.5 Å². The Bertz CT molecular complexity index is 641. The molecule has 0 spiro atoms. The van der Waals surface area contributed by atoms with E-state index in [0.29, 0.717) is 24.6 Å². The van der Waals surface area contributed by atoms with Crippen LogP contribution < -0.4 is 25.8 Å². The second kappa shape index (κ2) is 9.60. The first kappa shape index (κ1) is 21.0. The van der Waals surface area contributed by atoms with Crippen LogP contribution in [-0.2, 0) is 9.59 Å². The molecule has 0 radical (unpaired) electrons. The molecular formula is C20H31N3O4. The van der Waals surface area contributed by atoms with Gasteiger partial charge in [0.25, 0.3) is 0 Å². The van der Waals surface area contributed by atoms with Crippen molar-refractivity contribution in [2.45, 2.75) is 64.7 Å². The molecule has 150 valence electrons. The van der Waals surface area contributed by atoms with Crippen molar-refractivity contribution in [1.29, 1.82) is 0 Å². The number of unbranched alkanes of at least 4 members (excludes halogenated alkanes) is 2. The highest BCUT2D eigenvalue weighted by Gasteiger charge is 2.56. The van der Waals surface area contributed by atoms with Crippen LogP contribution in [-0.4, -0.2) is 30.7 Å². The van der Waals surface area contributed by atoms with Crippen LogP contribution in [0.2, 0.25) is 0 Å². The second-order valence-electron chi connectivity index (χ2n) is 6.76. The van der Waals surface area contributed by atoms with Crippen LogP contribution in [0.3, 0.4) is 0 Å². The second-order valence-corrected chi connectivity index (χ2v) is 6.76. The smallest absolute Gasteiger partial charge is 0.415 e. The fourth-order valence-corrected chi connectivity index (χ4v) is 2.76. The fraction of sp³-hybridized carbons (Fsp3) is 0.600. The van der Waals surface area contributed by atoms with Crippen LogP contribution in [0, 0.1) is 0 Å². The van der Waals surface area contributed by atoms with Gasteiger partial charge in [0.05, 0.1) is 0 Å². The molecule has 0 unspecified atom stereocenters. The third kappa shape index (κ3) is 4.71. The molecular weight excluding hydrogens is 346 g/mol. The minimum atomic E-state index is -2.04. The Morgan fingerprint density at radius 2 is 1.56 bits per heavy atom. The molecule has 0 aliphatic carbocycles. The number of carbonyl (C=O) groups excluding carboxylic acids is 2. The summed E-state index contributed by atoms with van der Waals surface area (Å²) < 4.78 is 11.6. The zero-order chi connectivity index (χ0) is 19.9. The van der Waals surface area contributed by atoms with Crippen molar-refractivity contribution in [2.75, 3.05) is 13.1 Å². The summed E-state index contributed by atoms with van der Waals surface area (Å²) in [6.45, 7) is 6.94. The normalized spacial score (nSPS) is 15.3. The molecule has 2 rings (SSSR count). The highest BCUT2D eigenvalue weighted by molar-refractivity contribution is 6.08. The van der Waals surface area contributed by atoms with E-state index in [1.54, 1.807) is 12.1 Å². The molecule has 0 aromatic heterocycles. The van der Waals surface area contributed by atoms with Crippen molar-refractivity contribution in [1.82, 2.24) is 10.6 Å². The summed E-state index contributed by atoms with van der Waals surface area (Å²) in [5, 5.41) is 5.49. The van der Waals surface area contributed by atoms with Crippen LogP contribution in [0.25, 0.3) is 0 Å². The zero-order valence-electron chi connectivity index (χ0n) is 16.5. The number of hydrogen-bond donors (Lipinski definition) is 3. The molecule has 1 aliphatic rings. The highest BCUT2D eigenvalue weighted by Crippen LogP contribution is 2.41. The zero-order valence-corrected chi connectivity index (χ0v) is 16.5. The van der Waals surface area contributed by atoms with Crippen molar-refractivity contribution in [2.24, 2.45) is 5.73 Å². The molecule has 0 saturated heterocycles. The van der Waals surface area contributed by atoms with E-state index >= 15 is 0 Å². The number of fused-ring (bicyclic) bond motifs is 1. The Hall–Kier alpha value is -2.28. The predicted octanol–water partition coefficient (Wildman–Crippen LogP) is 2.40. The van der Waals surface area contributed by atoms with E-state index in [0.717, 1.165) is 37.7 Å². The molecule has 7 heteroatoms. The van der Waals surface area contributed by atoms with Gasteiger partial charge in [-0.3, -0.25) is 9.59 Å². The number of benzene rings is 1. The Labute approximate surface area is 161 Å². The number of nitrogens with one attached hydrogen (secondary N) is 2. The van der Waals surface area contributed by atoms with E-state index in [4.69, 9.17) is 15.2 Å². The van der Waals surface area contributed by atoms with Crippen molar-refractivity contribution in [3.05, 3.63) is 23.8 Å². The first-order chi connectivity index (χ1) is 13.0. The van der Waals surface area contributed by atoms with E-state index in [2.05, 4.69) is 10.6 Å². The van der Waals surface area contributed by atoms with Gasteiger partial charge in [0.1, 0.15) is 0 Å². The van der Waals surface area contributed by atoms with Gasteiger partial charge in [0.2, 0.25) is 0 Å². The van der Waals surface area contributed by atoms with E-state index in [-0.39, 0.29) is 6.04 Å². The molecule has 7 nitrogen and oxygen atoms in total. The molecule has 1 heterocycles. The summed E-state index contributed by atoms with van der Waals surface area (Å²) in [5.74, 6) is -2.52. The van der Waals surface area contributed by atoms with E-state index in [1.807, 2.05) is 26.8 Å². The first-order valence-electron chi connectivity index (χ1n) is 9.82. The SMILES string of the molecule is CCCCNC(=O)C1(C(=O)NCCCC)Oc2ccc([C@H](N)CC)cc2O1. The minimum absolute atomic E-state index is 0.148. The number of amides is 2. The number of ether oxygens (including phenoxy) is 2. The van der Waals surface area contributed by atoms with Crippen LogP contribution >= 0.6 is 0 Å². The van der Waals surface area contributed by atoms with Gasteiger partial charge in [0, 0.05) is 19.1 Å². The van der Waals surface area contributed by atoms with Crippen molar-refractivity contribution >= 4 is 11.8 Å². The molecule has 27 heavy (non-hydrogen) atoms. The van der Waals surface area contributed by atoms with Gasteiger partial charge in [-0.1, -0.05) is 39.7 Å². The molecule has 1 aromatic rings. The molecule has 1 atom stereocenters. The molecule has 1 aliphatic heterocycles. The Balaban J connectivity index is 2.25. The predicted molar refractivity (Wildman–Crippen MR) is 103 cm³/mol. The maximum Gasteiger partial charge on any atom is 0.415 e. The molecule has 0 saturated carbocycles. The van der Waals surface area contributed by atoms with Gasteiger partial charge in [-0.2, -0.15) is 0 Å². The first-order valence-corrected chi connectivity index (χ1v) is 9.82. The summed E-state index contributed by atoms with van der Waals surface area (Å²) in [7, 11) is 0. The quantitative estimate of drug-likeness (QED) is 0.429. The lowest BCUT2D eigenvalue weighted by Crippen LogP contribution is -2.62. The summed E-state index contributed by atoms with van der Waals surface area (Å²) in [6, 6.07) is 5.12. The lowest BCUT2D eigenvalue weighted by Gasteiger charge is -2.25. The van der Waals surface area contributed by atoms with Crippen LogP contribution in [0.1, 0.15) is 64.5 Å². The van der Waals surface area contributed by atoms with Crippen LogP contribution in [0.15, 0.2) is 18.2 Å². The number of nitrogens with two attached hydrogens (primary N) is 1. The van der Waals surface area contributed by atoms with Gasteiger partial charge < -0.3 is 25.8 Å². The minimum Gasteiger partial charge on any atom is -0.433 e. The molecule has 0 fully saturated rings. The molecule has 1 aromatic carbocycles. The maximum absolute atomic E-state index is 12.8. The summed E-state index contributed by atoms with van der Waals surface area (Å²) in [6.07, 6.45) is 4.23. The fourth-order valence-electron chi connectivity index (χ4n) is 2.76. The van der Waals surface area contributed by atoms with Gasteiger partial charge in [-0.05, 0) is 37.0 Å². The Morgan fingerprint density at radius 3 is 2.07 bits per heavy atom.